The molecule has 2 fully saturated rings. The summed E-state index contributed by atoms with van der Waals surface area (Å²) in [6, 6.07) is 11.9. The van der Waals surface area contributed by atoms with Crippen molar-refractivity contribution < 1.29 is 18.4 Å². The summed E-state index contributed by atoms with van der Waals surface area (Å²) in [6.07, 6.45) is 3.43. The summed E-state index contributed by atoms with van der Waals surface area (Å²) < 4.78 is 25.6. The van der Waals surface area contributed by atoms with Crippen molar-refractivity contribution in [3.63, 3.8) is 0 Å². The Labute approximate surface area is 186 Å². The summed E-state index contributed by atoms with van der Waals surface area (Å²) in [5.74, 6) is -0.304. The Morgan fingerprint density at radius 1 is 1.00 bits per heavy atom. The van der Waals surface area contributed by atoms with Crippen molar-refractivity contribution in [3.05, 3.63) is 59.9 Å². The molecule has 1 atom stereocenters. The van der Waals surface area contributed by atoms with E-state index < -0.39 is 6.43 Å². The highest BCUT2D eigenvalue weighted by atomic mass is 19.3. The quantitative estimate of drug-likeness (QED) is 0.765. The second-order valence-electron chi connectivity index (χ2n) is 8.50. The van der Waals surface area contributed by atoms with Crippen LogP contribution in [0, 0.1) is 0 Å². The van der Waals surface area contributed by atoms with Crippen molar-refractivity contribution in [1.29, 1.82) is 0 Å². The molecule has 1 aromatic heterocycles. The number of pyridine rings is 1. The molecule has 0 unspecified atom stereocenters. The third-order valence-electron chi connectivity index (χ3n) is 6.61. The average Bonchev–Trinajstić information content (AvgIpc) is 3.11. The number of hydrogen-bond acceptors (Lipinski definition) is 4. The molecule has 2 saturated heterocycles. The zero-order chi connectivity index (χ0) is 22.6. The Balaban J connectivity index is 1.38. The van der Waals surface area contributed by atoms with Crippen LogP contribution in [0.3, 0.4) is 0 Å². The SMILES string of the molecule is O=C(NCC(=O)N1CCC[C@]12CCCN(c1ccc(C(F)F)nc1)CC2)c1ccccc1. The number of anilines is 1. The van der Waals surface area contributed by atoms with Crippen LogP contribution in [0.1, 0.15) is 54.6 Å². The van der Waals surface area contributed by atoms with Crippen LogP contribution in [0.4, 0.5) is 14.5 Å². The molecule has 1 spiro atoms. The average molecular weight is 443 g/mol. The van der Waals surface area contributed by atoms with Crippen LogP contribution in [0.15, 0.2) is 48.7 Å². The van der Waals surface area contributed by atoms with Gasteiger partial charge in [-0.15, -0.1) is 0 Å². The maximum atomic E-state index is 13.0. The number of carbonyl (C=O) groups is 2. The summed E-state index contributed by atoms with van der Waals surface area (Å²) in [5, 5.41) is 2.75. The van der Waals surface area contributed by atoms with Crippen molar-refractivity contribution in [1.82, 2.24) is 15.2 Å². The molecule has 1 N–H and O–H groups in total. The minimum atomic E-state index is -2.57. The number of aromatic nitrogens is 1. The number of alkyl halides is 2. The standard InChI is InChI=1S/C24H28F2N4O2/c25-22(26)20-9-8-19(16-27-20)29-13-4-10-24(12-15-29)11-5-14-30(24)21(31)17-28-23(32)18-6-2-1-3-7-18/h1-3,6-9,16,22H,4-5,10-15,17H2,(H,28,32)/t24-/m0/s1. The monoisotopic (exact) mass is 442 g/mol. The zero-order valence-corrected chi connectivity index (χ0v) is 18.0. The number of likely N-dealkylation sites (tertiary alicyclic amines) is 1. The first-order valence-electron chi connectivity index (χ1n) is 11.1. The van der Waals surface area contributed by atoms with Gasteiger partial charge in [-0.3, -0.25) is 14.6 Å². The van der Waals surface area contributed by atoms with Gasteiger partial charge >= 0.3 is 0 Å². The smallest absolute Gasteiger partial charge is 0.280 e. The van der Waals surface area contributed by atoms with Gasteiger partial charge in [0.1, 0.15) is 5.69 Å². The molecule has 0 aliphatic carbocycles. The Bertz CT molecular complexity index is 939. The van der Waals surface area contributed by atoms with Crippen LogP contribution < -0.4 is 10.2 Å². The third-order valence-corrected chi connectivity index (χ3v) is 6.61. The van der Waals surface area contributed by atoms with Crippen LogP contribution in [0.5, 0.6) is 0 Å². The molecule has 4 rings (SSSR count). The van der Waals surface area contributed by atoms with E-state index in [1.807, 2.05) is 11.0 Å². The number of benzene rings is 1. The van der Waals surface area contributed by atoms with Gasteiger partial charge in [0, 0.05) is 30.7 Å². The van der Waals surface area contributed by atoms with Crippen molar-refractivity contribution >= 4 is 17.5 Å². The summed E-state index contributed by atoms with van der Waals surface area (Å²) in [4.78, 5) is 33.4. The number of rotatable bonds is 5. The second kappa shape index (κ2) is 9.63. The molecule has 2 amide bonds. The Hall–Kier alpha value is -3.03. The minimum absolute atomic E-state index is 0.0157. The number of carbonyl (C=O) groups excluding carboxylic acids is 2. The van der Waals surface area contributed by atoms with Crippen molar-refractivity contribution in [3.8, 4) is 0 Å². The Morgan fingerprint density at radius 2 is 1.75 bits per heavy atom. The number of nitrogens with zero attached hydrogens (tertiary/aromatic N) is 3. The molecular weight excluding hydrogens is 414 g/mol. The highest BCUT2D eigenvalue weighted by Gasteiger charge is 2.44. The lowest BCUT2D eigenvalue weighted by molar-refractivity contribution is -0.134. The van der Waals surface area contributed by atoms with Crippen LogP contribution in [-0.2, 0) is 4.79 Å². The Morgan fingerprint density at radius 3 is 2.44 bits per heavy atom. The maximum absolute atomic E-state index is 13.0. The van der Waals surface area contributed by atoms with E-state index in [2.05, 4.69) is 15.2 Å². The lowest BCUT2D eigenvalue weighted by atomic mass is 9.87. The van der Waals surface area contributed by atoms with Crippen molar-refractivity contribution in [2.45, 2.75) is 44.1 Å². The normalized spacial score (nSPS) is 21.1. The summed E-state index contributed by atoms with van der Waals surface area (Å²) in [7, 11) is 0. The number of nitrogens with one attached hydrogen (secondary N) is 1. The summed E-state index contributed by atoms with van der Waals surface area (Å²) in [5.41, 5.74) is 0.940. The van der Waals surface area contributed by atoms with Crippen LogP contribution in [0.25, 0.3) is 0 Å². The molecule has 0 bridgehead atoms. The molecule has 0 radical (unpaired) electrons. The van der Waals surface area contributed by atoms with E-state index in [0.717, 1.165) is 50.9 Å². The molecule has 6 nitrogen and oxygen atoms in total. The molecule has 8 heteroatoms. The number of amides is 2. The van der Waals surface area contributed by atoms with Gasteiger partial charge in [-0.1, -0.05) is 18.2 Å². The van der Waals surface area contributed by atoms with Gasteiger partial charge in [0.2, 0.25) is 5.91 Å². The zero-order valence-electron chi connectivity index (χ0n) is 18.0. The van der Waals surface area contributed by atoms with E-state index in [-0.39, 0.29) is 29.6 Å². The van der Waals surface area contributed by atoms with E-state index in [1.165, 1.54) is 12.3 Å². The van der Waals surface area contributed by atoms with Gasteiger partial charge in [0.05, 0.1) is 18.4 Å². The van der Waals surface area contributed by atoms with Gasteiger partial charge in [0.25, 0.3) is 12.3 Å². The van der Waals surface area contributed by atoms with E-state index in [0.29, 0.717) is 12.1 Å². The lowest BCUT2D eigenvalue weighted by Crippen LogP contribution is -2.51. The minimum Gasteiger partial charge on any atom is -0.370 e. The summed E-state index contributed by atoms with van der Waals surface area (Å²) >= 11 is 0. The number of hydrogen-bond donors (Lipinski definition) is 1. The van der Waals surface area contributed by atoms with Crippen molar-refractivity contribution in [2.24, 2.45) is 0 Å². The van der Waals surface area contributed by atoms with Crippen LogP contribution in [0.2, 0.25) is 0 Å². The molecule has 32 heavy (non-hydrogen) atoms. The van der Waals surface area contributed by atoms with Crippen LogP contribution >= 0.6 is 0 Å². The lowest BCUT2D eigenvalue weighted by Gasteiger charge is -2.38. The fourth-order valence-corrected chi connectivity index (χ4v) is 4.94. The topological polar surface area (TPSA) is 65.5 Å². The Kier molecular flexibility index (Phi) is 6.67. The van der Waals surface area contributed by atoms with E-state index in [4.69, 9.17) is 0 Å². The molecule has 2 aliphatic heterocycles. The second-order valence-corrected chi connectivity index (χ2v) is 8.50. The molecule has 1 aromatic carbocycles. The third kappa shape index (κ3) is 4.74. The van der Waals surface area contributed by atoms with E-state index in [9.17, 15) is 18.4 Å². The van der Waals surface area contributed by atoms with Gasteiger partial charge in [-0.25, -0.2) is 8.78 Å². The molecule has 3 heterocycles. The maximum Gasteiger partial charge on any atom is 0.280 e. The first-order chi connectivity index (χ1) is 15.5. The highest BCUT2D eigenvalue weighted by Crippen LogP contribution is 2.39. The van der Waals surface area contributed by atoms with Crippen LogP contribution in [-0.4, -0.2) is 53.4 Å². The highest BCUT2D eigenvalue weighted by molar-refractivity contribution is 5.96. The molecule has 0 saturated carbocycles. The number of halogens is 2. The fraction of sp³-hybridized carbons (Fsp3) is 0.458. The van der Waals surface area contributed by atoms with Gasteiger partial charge in [-0.05, 0) is 56.4 Å². The van der Waals surface area contributed by atoms with Crippen molar-refractivity contribution in [2.75, 3.05) is 31.1 Å². The largest absolute Gasteiger partial charge is 0.370 e. The van der Waals surface area contributed by atoms with E-state index in [1.54, 1.807) is 30.3 Å². The molecular formula is C24H28F2N4O2. The van der Waals surface area contributed by atoms with Gasteiger partial charge in [-0.2, -0.15) is 0 Å². The van der Waals surface area contributed by atoms with Gasteiger partial charge in [0.15, 0.2) is 0 Å². The predicted molar refractivity (Wildman–Crippen MR) is 118 cm³/mol. The molecule has 2 aromatic rings. The first kappa shape index (κ1) is 22.2. The summed E-state index contributed by atoms with van der Waals surface area (Å²) in [6.45, 7) is 2.21. The molecule has 170 valence electrons. The molecule has 2 aliphatic rings. The predicted octanol–water partition coefficient (Wildman–Crippen LogP) is 3.80. The first-order valence-corrected chi connectivity index (χ1v) is 11.1. The van der Waals surface area contributed by atoms with E-state index >= 15 is 0 Å². The van der Waals surface area contributed by atoms with Gasteiger partial charge < -0.3 is 15.1 Å². The fourth-order valence-electron chi connectivity index (χ4n) is 4.94.